The van der Waals surface area contributed by atoms with Gasteiger partial charge in [0.15, 0.2) is 0 Å². The highest BCUT2D eigenvalue weighted by Gasteiger charge is 2.06. The van der Waals surface area contributed by atoms with E-state index in [1.807, 2.05) is 24.3 Å². The number of nitrogens with zero attached hydrogens (tertiary/aromatic N) is 1. The van der Waals surface area contributed by atoms with Crippen LogP contribution in [0.2, 0.25) is 0 Å². The number of hydrogen-bond acceptors (Lipinski definition) is 2. The zero-order chi connectivity index (χ0) is 11.3. The van der Waals surface area contributed by atoms with E-state index in [9.17, 15) is 4.39 Å². The van der Waals surface area contributed by atoms with Gasteiger partial charge in [0.2, 0.25) is 0 Å². The summed E-state index contributed by atoms with van der Waals surface area (Å²) in [5.74, 6) is 0. The molecule has 2 nitrogen and oxygen atoms in total. The van der Waals surface area contributed by atoms with Crippen LogP contribution in [-0.4, -0.2) is 19.8 Å². The number of hydrogen-bond donors (Lipinski definition) is 1. The van der Waals surface area contributed by atoms with Crippen molar-refractivity contribution in [3.63, 3.8) is 0 Å². The molecule has 0 amide bonds. The highest BCUT2D eigenvalue weighted by atomic mass is 35.5. The molecule has 1 rings (SSSR count). The Balaban J connectivity index is 0.00000225. The molecule has 0 fully saturated rings. The molecule has 0 radical (unpaired) electrons. The topological polar surface area (TPSA) is 29.3 Å². The van der Waals surface area contributed by atoms with Gasteiger partial charge in [-0.3, -0.25) is 0 Å². The molecule has 0 aromatic heterocycles. The number of rotatable bonds is 5. The van der Waals surface area contributed by atoms with Crippen molar-refractivity contribution in [1.29, 1.82) is 0 Å². The van der Waals surface area contributed by atoms with Crippen LogP contribution in [0.25, 0.3) is 0 Å². The molecule has 0 heterocycles. The summed E-state index contributed by atoms with van der Waals surface area (Å²) in [6.07, 6.45) is 0. The quantitative estimate of drug-likeness (QED) is 0.866. The van der Waals surface area contributed by atoms with E-state index in [1.54, 1.807) is 0 Å². The first-order chi connectivity index (χ1) is 7.22. The van der Waals surface area contributed by atoms with Gasteiger partial charge in [0, 0.05) is 18.8 Å². The fraction of sp³-hybridized carbons (Fsp3) is 0.500. The fourth-order valence-corrected chi connectivity index (χ4v) is 1.61. The Hall–Kier alpha value is -0.800. The van der Waals surface area contributed by atoms with Gasteiger partial charge in [-0.25, -0.2) is 4.39 Å². The molecule has 0 bridgehead atoms. The van der Waals surface area contributed by atoms with Crippen LogP contribution in [0.4, 0.5) is 10.1 Å². The van der Waals surface area contributed by atoms with Crippen LogP contribution in [0.5, 0.6) is 0 Å². The standard InChI is InChI=1S/C12H19FN2.ClH/c1-3-15(4-2)11-7-5-10(6-8-11)12(14)9-13;/h5-8,12H,3-4,9,14H2,1-2H3;1H/t12-;/m1./s1. The summed E-state index contributed by atoms with van der Waals surface area (Å²) >= 11 is 0. The van der Waals surface area contributed by atoms with Gasteiger partial charge in [0.1, 0.15) is 6.67 Å². The van der Waals surface area contributed by atoms with E-state index in [4.69, 9.17) is 5.73 Å². The summed E-state index contributed by atoms with van der Waals surface area (Å²) in [5.41, 5.74) is 7.61. The lowest BCUT2D eigenvalue weighted by Crippen LogP contribution is -2.21. The Morgan fingerprint density at radius 2 is 1.69 bits per heavy atom. The Bertz CT molecular complexity index is 286. The Morgan fingerprint density at radius 1 is 1.19 bits per heavy atom. The van der Waals surface area contributed by atoms with Gasteiger partial charge >= 0.3 is 0 Å². The molecular weight excluding hydrogens is 227 g/mol. The second-order valence-corrected chi connectivity index (χ2v) is 3.52. The average Bonchev–Trinajstić information content (AvgIpc) is 2.30. The molecule has 2 N–H and O–H groups in total. The Kier molecular flexibility index (Phi) is 7.10. The van der Waals surface area contributed by atoms with Crippen LogP contribution in [0.15, 0.2) is 24.3 Å². The first kappa shape index (κ1) is 15.2. The maximum absolute atomic E-state index is 12.3. The second kappa shape index (κ2) is 7.47. The van der Waals surface area contributed by atoms with Crippen LogP contribution in [0.1, 0.15) is 25.5 Å². The zero-order valence-corrected chi connectivity index (χ0v) is 10.6. The molecule has 0 spiro atoms. The SMILES string of the molecule is CCN(CC)c1ccc([C@H](N)CF)cc1.Cl. The number of benzene rings is 1. The highest BCUT2D eigenvalue weighted by molar-refractivity contribution is 5.85. The van der Waals surface area contributed by atoms with E-state index in [0.717, 1.165) is 24.3 Å². The number of anilines is 1. The maximum Gasteiger partial charge on any atom is 0.109 e. The van der Waals surface area contributed by atoms with Crippen LogP contribution >= 0.6 is 12.4 Å². The van der Waals surface area contributed by atoms with Crippen molar-refractivity contribution in [2.45, 2.75) is 19.9 Å². The van der Waals surface area contributed by atoms with Crippen molar-refractivity contribution < 1.29 is 4.39 Å². The molecule has 0 unspecified atom stereocenters. The third-order valence-corrected chi connectivity index (χ3v) is 2.62. The number of alkyl halides is 1. The van der Waals surface area contributed by atoms with Gasteiger partial charge in [-0.2, -0.15) is 0 Å². The molecule has 1 aromatic carbocycles. The van der Waals surface area contributed by atoms with E-state index in [-0.39, 0.29) is 12.4 Å². The van der Waals surface area contributed by atoms with E-state index in [2.05, 4.69) is 18.7 Å². The molecule has 0 aliphatic heterocycles. The molecule has 1 aromatic rings. The second-order valence-electron chi connectivity index (χ2n) is 3.52. The lowest BCUT2D eigenvalue weighted by Gasteiger charge is -2.21. The van der Waals surface area contributed by atoms with Crippen LogP contribution in [0, 0.1) is 0 Å². The minimum atomic E-state index is -0.509. The smallest absolute Gasteiger partial charge is 0.109 e. The monoisotopic (exact) mass is 246 g/mol. The predicted octanol–water partition coefficient (Wildman–Crippen LogP) is 2.92. The van der Waals surface area contributed by atoms with Gasteiger partial charge in [0.05, 0.1) is 6.04 Å². The predicted molar refractivity (Wildman–Crippen MR) is 70.2 cm³/mol. The third-order valence-electron chi connectivity index (χ3n) is 2.62. The van der Waals surface area contributed by atoms with Crippen molar-refractivity contribution in [2.24, 2.45) is 5.73 Å². The molecule has 92 valence electrons. The number of halogens is 2. The largest absolute Gasteiger partial charge is 0.372 e. The van der Waals surface area contributed by atoms with Gasteiger partial charge in [-0.15, -0.1) is 12.4 Å². The van der Waals surface area contributed by atoms with Crippen LogP contribution in [-0.2, 0) is 0 Å². The molecule has 0 aliphatic carbocycles. The van der Waals surface area contributed by atoms with Crippen molar-refractivity contribution in [1.82, 2.24) is 0 Å². The van der Waals surface area contributed by atoms with Gasteiger partial charge in [-0.1, -0.05) is 12.1 Å². The highest BCUT2D eigenvalue weighted by Crippen LogP contribution is 2.18. The molecule has 1 atom stereocenters. The maximum atomic E-state index is 12.3. The Labute approximate surface area is 103 Å². The number of nitrogens with two attached hydrogens (primary N) is 1. The summed E-state index contributed by atoms with van der Waals surface area (Å²) in [7, 11) is 0. The molecule has 0 aliphatic rings. The molecule has 4 heteroatoms. The van der Waals surface area contributed by atoms with Gasteiger partial charge < -0.3 is 10.6 Å². The molecule has 16 heavy (non-hydrogen) atoms. The minimum absolute atomic E-state index is 0. The van der Waals surface area contributed by atoms with Crippen molar-refractivity contribution in [3.8, 4) is 0 Å². The van der Waals surface area contributed by atoms with E-state index in [0.29, 0.717) is 0 Å². The summed E-state index contributed by atoms with van der Waals surface area (Å²) < 4.78 is 12.3. The van der Waals surface area contributed by atoms with E-state index >= 15 is 0 Å². The average molecular weight is 247 g/mol. The normalized spacial score (nSPS) is 11.8. The molecule has 0 saturated heterocycles. The van der Waals surface area contributed by atoms with Crippen LogP contribution in [0.3, 0.4) is 0 Å². The first-order valence-electron chi connectivity index (χ1n) is 5.39. The minimum Gasteiger partial charge on any atom is -0.372 e. The summed E-state index contributed by atoms with van der Waals surface area (Å²) in [6, 6.07) is 7.31. The van der Waals surface area contributed by atoms with E-state index in [1.165, 1.54) is 0 Å². The Morgan fingerprint density at radius 3 is 2.06 bits per heavy atom. The molecular formula is C12H20ClFN2. The van der Waals surface area contributed by atoms with Gasteiger partial charge in [0.25, 0.3) is 0 Å². The third kappa shape index (κ3) is 3.65. The van der Waals surface area contributed by atoms with Gasteiger partial charge in [-0.05, 0) is 31.5 Å². The summed E-state index contributed by atoms with van der Waals surface area (Å²) in [5, 5.41) is 0. The van der Waals surface area contributed by atoms with E-state index < -0.39 is 12.7 Å². The molecule has 0 saturated carbocycles. The van der Waals surface area contributed by atoms with Crippen LogP contribution < -0.4 is 10.6 Å². The first-order valence-corrected chi connectivity index (χ1v) is 5.39. The lowest BCUT2D eigenvalue weighted by atomic mass is 10.1. The summed E-state index contributed by atoms with van der Waals surface area (Å²) in [6.45, 7) is 5.68. The van der Waals surface area contributed by atoms with Crippen molar-refractivity contribution in [2.75, 3.05) is 24.7 Å². The van der Waals surface area contributed by atoms with Crippen molar-refractivity contribution >= 4 is 18.1 Å². The fourth-order valence-electron chi connectivity index (χ4n) is 1.61. The lowest BCUT2D eigenvalue weighted by molar-refractivity contribution is 0.437. The van der Waals surface area contributed by atoms with Crippen molar-refractivity contribution in [3.05, 3.63) is 29.8 Å². The summed E-state index contributed by atoms with van der Waals surface area (Å²) in [4.78, 5) is 2.24. The zero-order valence-electron chi connectivity index (χ0n) is 9.82.